The van der Waals surface area contributed by atoms with Crippen LogP contribution in [0.25, 0.3) is 0 Å². The Hall–Kier alpha value is -2.86. The van der Waals surface area contributed by atoms with Gasteiger partial charge in [-0.25, -0.2) is 0 Å². The predicted molar refractivity (Wildman–Crippen MR) is 106 cm³/mol. The van der Waals surface area contributed by atoms with Gasteiger partial charge in [-0.1, -0.05) is 31.2 Å². The van der Waals surface area contributed by atoms with Gasteiger partial charge in [0.25, 0.3) is 0 Å². The topological polar surface area (TPSA) is 81.7 Å². The van der Waals surface area contributed by atoms with Crippen molar-refractivity contribution in [3.63, 3.8) is 0 Å². The summed E-state index contributed by atoms with van der Waals surface area (Å²) >= 11 is 0. The zero-order valence-electron chi connectivity index (χ0n) is 15.7. The number of aryl methyl sites for hydroxylation is 1. The Morgan fingerprint density at radius 3 is 2.59 bits per heavy atom. The minimum absolute atomic E-state index is 0.0182. The minimum Gasteiger partial charge on any atom is -0.387 e. The van der Waals surface area contributed by atoms with E-state index in [1.54, 1.807) is 12.1 Å². The van der Waals surface area contributed by atoms with Gasteiger partial charge in [-0.15, -0.1) is 0 Å². The van der Waals surface area contributed by atoms with Gasteiger partial charge in [0.05, 0.1) is 6.10 Å². The highest BCUT2D eigenvalue weighted by Crippen LogP contribution is 2.29. The Morgan fingerprint density at radius 2 is 1.89 bits per heavy atom. The van der Waals surface area contributed by atoms with Gasteiger partial charge in [0, 0.05) is 31.5 Å². The Bertz CT molecular complexity index is 833. The first-order chi connectivity index (χ1) is 13.0. The fourth-order valence-electron chi connectivity index (χ4n) is 3.19. The lowest BCUT2D eigenvalue weighted by atomic mass is 10.0. The average Bonchev–Trinajstić information content (AvgIpc) is 3.06. The second kappa shape index (κ2) is 8.22. The Kier molecular flexibility index (Phi) is 5.76. The van der Waals surface area contributed by atoms with Gasteiger partial charge in [-0.05, 0) is 47.7 Å². The van der Waals surface area contributed by atoms with E-state index in [0.29, 0.717) is 5.69 Å². The molecule has 6 nitrogen and oxygen atoms in total. The number of likely N-dealkylation sites (N-methyl/N-ethyl adjacent to an activating group) is 1. The van der Waals surface area contributed by atoms with E-state index in [-0.39, 0.29) is 6.54 Å². The third kappa shape index (κ3) is 4.46. The lowest BCUT2D eigenvalue weighted by Crippen LogP contribution is -2.37. The van der Waals surface area contributed by atoms with Gasteiger partial charge in [0.1, 0.15) is 0 Å². The van der Waals surface area contributed by atoms with Crippen molar-refractivity contribution in [2.75, 3.05) is 30.4 Å². The van der Waals surface area contributed by atoms with E-state index >= 15 is 0 Å². The summed E-state index contributed by atoms with van der Waals surface area (Å²) in [7, 11) is 2.04. The van der Waals surface area contributed by atoms with Gasteiger partial charge >= 0.3 is 11.8 Å². The van der Waals surface area contributed by atoms with E-state index < -0.39 is 17.9 Å². The molecule has 2 aromatic carbocycles. The van der Waals surface area contributed by atoms with E-state index in [1.807, 2.05) is 44.3 Å². The van der Waals surface area contributed by atoms with Crippen LogP contribution in [0, 0.1) is 0 Å². The average molecular weight is 367 g/mol. The quantitative estimate of drug-likeness (QED) is 0.707. The van der Waals surface area contributed by atoms with E-state index in [0.717, 1.165) is 30.5 Å². The molecular formula is C21H25N3O3. The summed E-state index contributed by atoms with van der Waals surface area (Å²) in [6.45, 7) is 2.99. The van der Waals surface area contributed by atoms with Crippen LogP contribution in [0.5, 0.6) is 0 Å². The number of nitrogens with one attached hydrogen (secondary N) is 2. The molecule has 1 aliphatic rings. The number of benzene rings is 2. The number of aliphatic hydroxyl groups is 1. The molecule has 0 spiro atoms. The number of carbonyl (C=O) groups is 2. The normalized spacial score (nSPS) is 13.8. The number of hydrogen-bond donors (Lipinski definition) is 3. The molecule has 0 bridgehead atoms. The summed E-state index contributed by atoms with van der Waals surface area (Å²) in [5.41, 5.74) is 4.81. The first-order valence-electron chi connectivity index (χ1n) is 9.18. The van der Waals surface area contributed by atoms with Gasteiger partial charge < -0.3 is 20.6 Å². The first kappa shape index (κ1) is 18.9. The molecular weight excluding hydrogens is 342 g/mol. The van der Waals surface area contributed by atoms with Crippen LogP contribution in [0.2, 0.25) is 0 Å². The maximum Gasteiger partial charge on any atom is 0.313 e. The smallest absolute Gasteiger partial charge is 0.313 e. The molecule has 142 valence electrons. The van der Waals surface area contributed by atoms with Gasteiger partial charge in [-0.3, -0.25) is 9.59 Å². The molecule has 0 fully saturated rings. The summed E-state index contributed by atoms with van der Waals surface area (Å²) in [6.07, 6.45) is 0.991. The van der Waals surface area contributed by atoms with Crippen LogP contribution in [-0.4, -0.2) is 37.1 Å². The van der Waals surface area contributed by atoms with E-state index in [4.69, 9.17) is 0 Å². The molecule has 1 heterocycles. The van der Waals surface area contributed by atoms with Crippen LogP contribution in [0.1, 0.15) is 29.7 Å². The number of fused-ring (bicyclic) bond motifs is 1. The Labute approximate surface area is 159 Å². The summed E-state index contributed by atoms with van der Waals surface area (Å²) in [5, 5.41) is 15.4. The Balaban J connectivity index is 1.52. The fourth-order valence-corrected chi connectivity index (χ4v) is 3.19. The van der Waals surface area contributed by atoms with Crippen molar-refractivity contribution in [1.29, 1.82) is 0 Å². The standard InChI is InChI=1S/C21H25N3O3/c1-3-14-4-7-17(8-5-14)23-21(27)20(26)22-13-19(25)16-6-9-18-15(12-16)10-11-24(18)2/h4-9,12,19,25H,3,10-11,13H2,1-2H3,(H,22,26)(H,23,27). The van der Waals surface area contributed by atoms with Crippen molar-refractivity contribution < 1.29 is 14.7 Å². The van der Waals surface area contributed by atoms with Crippen molar-refractivity contribution >= 4 is 23.2 Å². The molecule has 2 aromatic rings. The number of amides is 2. The summed E-state index contributed by atoms with van der Waals surface area (Å²) in [4.78, 5) is 26.2. The zero-order valence-corrected chi connectivity index (χ0v) is 15.7. The van der Waals surface area contributed by atoms with Crippen LogP contribution in [0.15, 0.2) is 42.5 Å². The molecule has 2 amide bonds. The number of nitrogens with zero attached hydrogens (tertiary/aromatic N) is 1. The van der Waals surface area contributed by atoms with Crippen LogP contribution in [0.4, 0.5) is 11.4 Å². The highest BCUT2D eigenvalue weighted by molar-refractivity contribution is 6.39. The predicted octanol–water partition coefficient (Wildman–Crippen LogP) is 2.03. The van der Waals surface area contributed by atoms with Crippen molar-refractivity contribution in [2.45, 2.75) is 25.9 Å². The molecule has 0 aromatic heterocycles. The summed E-state index contributed by atoms with van der Waals surface area (Å²) < 4.78 is 0. The third-order valence-corrected chi connectivity index (χ3v) is 4.90. The Morgan fingerprint density at radius 1 is 1.15 bits per heavy atom. The summed E-state index contributed by atoms with van der Waals surface area (Å²) in [5.74, 6) is -1.52. The minimum atomic E-state index is -0.859. The third-order valence-electron chi connectivity index (χ3n) is 4.90. The highest BCUT2D eigenvalue weighted by Gasteiger charge is 2.19. The molecule has 0 saturated carbocycles. The molecule has 6 heteroatoms. The molecule has 1 atom stereocenters. The van der Waals surface area contributed by atoms with Crippen LogP contribution >= 0.6 is 0 Å². The number of carbonyl (C=O) groups excluding carboxylic acids is 2. The molecule has 3 rings (SSSR count). The SMILES string of the molecule is CCc1ccc(NC(=O)C(=O)NCC(O)c2ccc3c(c2)CCN3C)cc1. The van der Waals surface area contributed by atoms with Gasteiger partial charge in [0.2, 0.25) is 0 Å². The molecule has 27 heavy (non-hydrogen) atoms. The highest BCUT2D eigenvalue weighted by atomic mass is 16.3. The summed E-state index contributed by atoms with van der Waals surface area (Å²) in [6, 6.07) is 13.1. The molecule has 3 N–H and O–H groups in total. The second-order valence-electron chi connectivity index (χ2n) is 6.79. The van der Waals surface area contributed by atoms with Crippen molar-refractivity contribution in [1.82, 2.24) is 5.32 Å². The zero-order chi connectivity index (χ0) is 19.4. The number of rotatable bonds is 5. The van der Waals surface area contributed by atoms with Crippen molar-refractivity contribution in [3.8, 4) is 0 Å². The number of aliphatic hydroxyl groups excluding tert-OH is 1. The second-order valence-corrected chi connectivity index (χ2v) is 6.79. The maximum atomic E-state index is 12.0. The van der Waals surface area contributed by atoms with Crippen LogP contribution < -0.4 is 15.5 Å². The molecule has 0 radical (unpaired) electrons. The molecule has 0 saturated heterocycles. The fraction of sp³-hybridized carbons (Fsp3) is 0.333. The molecule has 1 aliphatic heterocycles. The lowest BCUT2D eigenvalue weighted by molar-refractivity contribution is -0.136. The van der Waals surface area contributed by atoms with Gasteiger partial charge in [-0.2, -0.15) is 0 Å². The van der Waals surface area contributed by atoms with Gasteiger partial charge in [0.15, 0.2) is 0 Å². The molecule has 1 unspecified atom stereocenters. The van der Waals surface area contributed by atoms with Crippen molar-refractivity contribution in [3.05, 3.63) is 59.2 Å². The molecule has 0 aliphatic carbocycles. The van der Waals surface area contributed by atoms with Crippen LogP contribution in [-0.2, 0) is 22.4 Å². The van der Waals surface area contributed by atoms with E-state index in [1.165, 1.54) is 11.3 Å². The van der Waals surface area contributed by atoms with E-state index in [2.05, 4.69) is 15.5 Å². The monoisotopic (exact) mass is 367 g/mol. The largest absolute Gasteiger partial charge is 0.387 e. The van der Waals surface area contributed by atoms with E-state index in [9.17, 15) is 14.7 Å². The van der Waals surface area contributed by atoms with Crippen molar-refractivity contribution in [2.24, 2.45) is 0 Å². The lowest BCUT2D eigenvalue weighted by Gasteiger charge is -2.15. The van der Waals surface area contributed by atoms with Crippen LogP contribution in [0.3, 0.4) is 0 Å². The number of hydrogen-bond acceptors (Lipinski definition) is 4. The number of anilines is 2. The maximum absolute atomic E-state index is 12.0. The first-order valence-corrected chi connectivity index (χ1v) is 9.18.